The van der Waals surface area contributed by atoms with Crippen molar-refractivity contribution in [3.05, 3.63) is 77.9 Å². The van der Waals surface area contributed by atoms with Crippen LogP contribution in [0.15, 0.2) is 60.9 Å². The van der Waals surface area contributed by atoms with Crippen molar-refractivity contribution in [2.45, 2.75) is 13.1 Å². The number of hydrogen-bond donors (Lipinski definition) is 0. The van der Waals surface area contributed by atoms with Crippen LogP contribution in [-0.4, -0.2) is 33.6 Å². The number of fused-ring (bicyclic) bond motifs is 1. The molecule has 2 heterocycles. The van der Waals surface area contributed by atoms with Crippen molar-refractivity contribution >= 4 is 5.91 Å². The van der Waals surface area contributed by atoms with Crippen LogP contribution in [0.2, 0.25) is 0 Å². The van der Waals surface area contributed by atoms with Gasteiger partial charge >= 0.3 is 0 Å². The second-order valence-electron chi connectivity index (χ2n) is 6.46. The summed E-state index contributed by atoms with van der Waals surface area (Å²) in [4.78, 5) is 19.4. The highest BCUT2D eigenvalue weighted by Gasteiger charge is 2.21. The number of benzene rings is 2. The molecule has 3 aromatic rings. The van der Waals surface area contributed by atoms with E-state index in [0.29, 0.717) is 43.4 Å². The third kappa shape index (κ3) is 3.79. The van der Waals surface area contributed by atoms with E-state index in [1.54, 1.807) is 29.3 Å². The van der Waals surface area contributed by atoms with Crippen molar-refractivity contribution in [1.82, 2.24) is 14.5 Å². The average molecular weight is 363 g/mol. The zero-order valence-electron chi connectivity index (χ0n) is 15.2. The van der Waals surface area contributed by atoms with Crippen LogP contribution in [0, 0.1) is 0 Å². The van der Waals surface area contributed by atoms with Crippen LogP contribution >= 0.6 is 0 Å². The quantitative estimate of drug-likeness (QED) is 0.699. The van der Waals surface area contributed by atoms with Gasteiger partial charge in [-0.15, -0.1) is 0 Å². The first-order chi connectivity index (χ1) is 13.2. The second-order valence-corrected chi connectivity index (χ2v) is 6.46. The van der Waals surface area contributed by atoms with Crippen molar-refractivity contribution < 1.29 is 14.3 Å². The summed E-state index contributed by atoms with van der Waals surface area (Å²) in [5.74, 6) is 2.05. The van der Waals surface area contributed by atoms with Gasteiger partial charge in [-0.25, -0.2) is 4.98 Å². The third-order valence-corrected chi connectivity index (χ3v) is 4.55. The number of aromatic nitrogens is 2. The number of ether oxygens (including phenoxy) is 2. The number of rotatable bonds is 5. The maximum Gasteiger partial charge on any atom is 0.254 e. The molecule has 0 spiro atoms. The van der Waals surface area contributed by atoms with E-state index in [-0.39, 0.29) is 5.91 Å². The summed E-state index contributed by atoms with van der Waals surface area (Å²) in [6, 6.07) is 15.3. The van der Waals surface area contributed by atoms with E-state index in [0.717, 1.165) is 11.4 Å². The Morgan fingerprint density at radius 2 is 1.85 bits per heavy atom. The molecule has 4 rings (SSSR count). The Morgan fingerprint density at radius 1 is 1.07 bits per heavy atom. The van der Waals surface area contributed by atoms with Gasteiger partial charge in [0.1, 0.15) is 19.0 Å². The first kappa shape index (κ1) is 17.1. The minimum absolute atomic E-state index is 0.0705. The normalized spacial score (nSPS) is 12.6. The van der Waals surface area contributed by atoms with Gasteiger partial charge in [-0.2, -0.15) is 0 Å². The van der Waals surface area contributed by atoms with Gasteiger partial charge in [-0.1, -0.05) is 30.3 Å². The molecule has 1 aliphatic heterocycles. The van der Waals surface area contributed by atoms with E-state index < -0.39 is 0 Å². The molecule has 6 heteroatoms. The summed E-state index contributed by atoms with van der Waals surface area (Å²) in [5.41, 5.74) is 1.64. The highest BCUT2D eigenvalue weighted by atomic mass is 16.6. The Hall–Kier alpha value is -3.28. The summed E-state index contributed by atoms with van der Waals surface area (Å²) in [5, 5.41) is 0. The Labute approximate surface area is 158 Å². The summed E-state index contributed by atoms with van der Waals surface area (Å²) in [6.45, 7) is 1.94. The molecule has 0 fully saturated rings. The predicted molar refractivity (Wildman–Crippen MR) is 101 cm³/mol. The van der Waals surface area contributed by atoms with Gasteiger partial charge in [0.05, 0.1) is 6.54 Å². The fourth-order valence-corrected chi connectivity index (χ4v) is 3.08. The van der Waals surface area contributed by atoms with Gasteiger partial charge in [0.15, 0.2) is 11.5 Å². The number of imidazole rings is 1. The average Bonchev–Trinajstić information content (AvgIpc) is 3.12. The Balaban J connectivity index is 1.62. The first-order valence-electron chi connectivity index (χ1n) is 8.90. The third-order valence-electron chi connectivity index (χ3n) is 4.55. The Morgan fingerprint density at radius 3 is 2.59 bits per heavy atom. The molecule has 0 saturated carbocycles. The maximum atomic E-state index is 13.3. The highest BCUT2D eigenvalue weighted by Crippen LogP contribution is 2.31. The molecule has 0 aliphatic carbocycles. The molecular weight excluding hydrogens is 342 g/mol. The van der Waals surface area contributed by atoms with Gasteiger partial charge in [0, 0.05) is 31.5 Å². The van der Waals surface area contributed by atoms with Gasteiger partial charge in [-0.3, -0.25) is 4.79 Å². The molecule has 2 aromatic carbocycles. The predicted octanol–water partition coefficient (Wildman–Crippen LogP) is 3.03. The van der Waals surface area contributed by atoms with E-state index in [9.17, 15) is 4.79 Å². The fraction of sp³-hybridized carbons (Fsp3) is 0.238. The van der Waals surface area contributed by atoms with Crippen LogP contribution in [0.3, 0.4) is 0 Å². The van der Waals surface area contributed by atoms with Crippen LogP contribution in [-0.2, 0) is 20.1 Å². The van der Waals surface area contributed by atoms with Crippen LogP contribution in [0.25, 0.3) is 0 Å². The molecule has 0 atom stereocenters. The molecule has 0 bridgehead atoms. The van der Waals surface area contributed by atoms with Crippen molar-refractivity contribution in [3.63, 3.8) is 0 Å². The zero-order chi connectivity index (χ0) is 18.6. The van der Waals surface area contributed by atoms with E-state index >= 15 is 0 Å². The largest absolute Gasteiger partial charge is 0.486 e. The van der Waals surface area contributed by atoms with E-state index in [1.807, 2.05) is 48.1 Å². The Bertz CT molecular complexity index is 937. The smallest absolute Gasteiger partial charge is 0.254 e. The van der Waals surface area contributed by atoms with Gasteiger partial charge < -0.3 is 18.9 Å². The molecule has 0 N–H and O–H groups in total. The molecule has 0 unspecified atom stereocenters. The van der Waals surface area contributed by atoms with Crippen LogP contribution in [0.5, 0.6) is 11.5 Å². The molecule has 1 aliphatic rings. The summed E-state index contributed by atoms with van der Waals surface area (Å²) in [6.07, 6.45) is 3.62. The minimum Gasteiger partial charge on any atom is -0.486 e. The number of hydrogen-bond acceptors (Lipinski definition) is 4. The van der Waals surface area contributed by atoms with Gasteiger partial charge in [-0.05, 0) is 23.8 Å². The lowest BCUT2D eigenvalue weighted by atomic mass is 10.1. The summed E-state index contributed by atoms with van der Waals surface area (Å²) in [7, 11) is 1.93. The topological polar surface area (TPSA) is 56.6 Å². The Kier molecular flexibility index (Phi) is 4.78. The molecule has 1 amide bonds. The van der Waals surface area contributed by atoms with E-state index in [4.69, 9.17) is 9.47 Å². The lowest BCUT2D eigenvalue weighted by Gasteiger charge is -2.24. The van der Waals surface area contributed by atoms with E-state index in [2.05, 4.69) is 4.98 Å². The number of nitrogens with zero attached hydrogens (tertiary/aromatic N) is 3. The van der Waals surface area contributed by atoms with Crippen LogP contribution in [0.1, 0.15) is 21.7 Å². The summed E-state index contributed by atoms with van der Waals surface area (Å²) < 4.78 is 13.1. The zero-order valence-corrected chi connectivity index (χ0v) is 15.2. The number of amides is 1. The second kappa shape index (κ2) is 7.53. The fourth-order valence-electron chi connectivity index (χ4n) is 3.08. The standard InChI is InChI=1S/C21H21N3O3/c1-23-10-9-22-20(23)15-24(14-16-5-3-2-4-6-16)21(25)17-7-8-18-19(13-17)27-12-11-26-18/h2-10,13H,11-12,14-15H2,1H3. The molecular formula is C21H21N3O3. The molecule has 0 radical (unpaired) electrons. The van der Waals surface area contributed by atoms with Crippen molar-refractivity contribution in [1.29, 1.82) is 0 Å². The summed E-state index contributed by atoms with van der Waals surface area (Å²) >= 11 is 0. The SMILES string of the molecule is Cn1ccnc1CN(Cc1ccccc1)C(=O)c1ccc2c(c1)OCCO2. The lowest BCUT2D eigenvalue weighted by Crippen LogP contribution is -2.31. The molecule has 1 aromatic heterocycles. The van der Waals surface area contributed by atoms with Crippen molar-refractivity contribution in [2.24, 2.45) is 7.05 Å². The number of carbonyl (C=O) groups is 1. The number of aryl methyl sites for hydroxylation is 1. The molecule has 138 valence electrons. The molecule has 6 nitrogen and oxygen atoms in total. The molecule has 27 heavy (non-hydrogen) atoms. The minimum atomic E-state index is -0.0705. The monoisotopic (exact) mass is 363 g/mol. The molecule has 0 saturated heterocycles. The van der Waals surface area contributed by atoms with Crippen molar-refractivity contribution in [3.8, 4) is 11.5 Å². The first-order valence-corrected chi connectivity index (χ1v) is 8.90. The van der Waals surface area contributed by atoms with E-state index in [1.165, 1.54) is 0 Å². The van der Waals surface area contributed by atoms with Gasteiger partial charge in [0.2, 0.25) is 0 Å². The van der Waals surface area contributed by atoms with Gasteiger partial charge in [0.25, 0.3) is 5.91 Å². The maximum absolute atomic E-state index is 13.3. The lowest BCUT2D eigenvalue weighted by molar-refractivity contribution is 0.0723. The highest BCUT2D eigenvalue weighted by molar-refractivity contribution is 5.94. The van der Waals surface area contributed by atoms with Crippen LogP contribution in [0.4, 0.5) is 0 Å². The van der Waals surface area contributed by atoms with Crippen molar-refractivity contribution in [2.75, 3.05) is 13.2 Å². The van der Waals surface area contributed by atoms with Crippen LogP contribution < -0.4 is 9.47 Å². The number of carbonyl (C=O) groups excluding carboxylic acids is 1.